The van der Waals surface area contributed by atoms with Crippen LogP contribution in [0.4, 0.5) is 0 Å². The Morgan fingerprint density at radius 3 is 2.31 bits per heavy atom. The van der Waals surface area contributed by atoms with E-state index in [1.165, 1.54) is 25.0 Å². The molecule has 0 N–H and O–H groups in total. The molecular weight excluding hydrogens is 194 g/mol. The van der Waals surface area contributed by atoms with Gasteiger partial charge in [-0.2, -0.15) is 0 Å². The van der Waals surface area contributed by atoms with Gasteiger partial charge in [-0.05, 0) is 24.5 Å². The predicted octanol–water partition coefficient (Wildman–Crippen LogP) is 5.11. The van der Waals surface area contributed by atoms with Crippen molar-refractivity contribution < 1.29 is 0 Å². The Hall–Kier alpha value is -0.850. The van der Waals surface area contributed by atoms with E-state index in [1.54, 1.807) is 0 Å². The number of aromatic nitrogens is 1. The number of rotatable bonds is 5. The molecule has 0 aliphatic carbocycles. The van der Waals surface area contributed by atoms with E-state index in [9.17, 15) is 0 Å². The highest BCUT2D eigenvalue weighted by Crippen LogP contribution is 2.15. The highest BCUT2D eigenvalue weighted by Gasteiger charge is 2.06. The molecule has 1 nitrogen and oxygen atoms in total. The van der Waals surface area contributed by atoms with Gasteiger partial charge < -0.3 is 0 Å². The first kappa shape index (κ1) is 17.5. The van der Waals surface area contributed by atoms with Crippen molar-refractivity contribution in [1.82, 2.24) is 4.98 Å². The molecule has 1 heterocycles. The van der Waals surface area contributed by atoms with E-state index in [-0.39, 0.29) is 7.43 Å². The molecule has 0 spiro atoms. The standard InChI is InChI=1S/C12H19N.C2H6.CH4/c1-3-7-11(4-2)10-12-8-5-6-9-13-12;1-2;/h5-6,8-9,11H,3-4,7,10H2,1-2H3;1-2H3;1H4. The van der Waals surface area contributed by atoms with Gasteiger partial charge in [0.1, 0.15) is 0 Å². The Morgan fingerprint density at radius 2 is 1.88 bits per heavy atom. The van der Waals surface area contributed by atoms with Crippen LogP contribution in [0.1, 0.15) is 60.1 Å². The van der Waals surface area contributed by atoms with E-state index >= 15 is 0 Å². The van der Waals surface area contributed by atoms with Crippen molar-refractivity contribution in [2.45, 2.75) is 60.8 Å². The largest absolute Gasteiger partial charge is 0.261 e. The number of hydrogen-bond acceptors (Lipinski definition) is 1. The highest BCUT2D eigenvalue weighted by molar-refractivity contribution is 5.04. The summed E-state index contributed by atoms with van der Waals surface area (Å²) in [6.45, 7) is 8.52. The third kappa shape index (κ3) is 7.44. The quantitative estimate of drug-likeness (QED) is 0.675. The molecule has 0 aromatic carbocycles. The SMILES string of the molecule is C.CC.CCCC(CC)Cc1ccccn1. The van der Waals surface area contributed by atoms with Gasteiger partial charge in [0.2, 0.25) is 0 Å². The van der Waals surface area contributed by atoms with E-state index in [0.717, 1.165) is 12.3 Å². The summed E-state index contributed by atoms with van der Waals surface area (Å²) in [6.07, 6.45) is 6.90. The van der Waals surface area contributed by atoms with Gasteiger partial charge in [-0.15, -0.1) is 0 Å². The molecular formula is C15H29N. The summed E-state index contributed by atoms with van der Waals surface area (Å²) in [6, 6.07) is 6.17. The van der Waals surface area contributed by atoms with E-state index < -0.39 is 0 Å². The van der Waals surface area contributed by atoms with Gasteiger partial charge in [0, 0.05) is 11.9 Å². The number of hydrogen-bond donors (Lipinski definition) is 0. The molecule has 1 aromatic heterocycles. The molecule has 0 radical (unpaired) electrons. The predicted molar refractivity (Wildman–Crippen MR) is 74.7 cm³/mol. The first-order valence-electron chi connectivity index (χ1n) is 6.26. The van der Waals surface area contributed by atoms with Crippen LogP contribution in [0, 0.1) is 5.92 Å². The molecule has 0 bridgehead atoms. The Morgan fingerprint density at radius 1 is 1.19 bits per heavy atom. The Kier molecular flexibility index (Phi) is 13.4. The fraction of sp³-hybridized carbons (Fsp3) is 0.667. The summed E-state index contributed by atoms with van der Waals surface area (Å²) in [5.41, 5.74) is 1.24. The maximum Gasteiger partial charge on any atom is 0.0406 e. The number of pyridine rings is 1. The van der Waals surface area contributed by atoms with Crippen molar-refractivity contribution in [3.8, 4) is 0 Å². The zero-order valence-corrected chi connectivity index (χ0v) is 10.7. The van der Waals surface area contributed by atoms with Gasteiger partial charge in [0.15, 0.2) is 0 Å². The van der Waals surface area contributed by atoms with Crippen molar-refractivity contribution in [2.24, 2.45) is 5.92 Å². The zero-order chi connectivity index (χ0) is 11.5. The van der Waals surface area contributed by atoms with Crippen LogP contribution in [0.3, 0.4) is 0 Å². The van der Waals surface area contributed by atoms with E-state index in [4.69, 9.17) is 0 Å². The molecule has 1 atom stereocenters. The van der Waals surface area contributed by atoms with E-state index in [0.29, 0.717) is 0 Å². The highest BCUT2D eigenvalue weighted by atomic mass is 14.7. The molecule has 1 heteroatoms. The second-order valence-electron chi connectivity index (χ2n) is 3.59. The molecule has 0 aliphatic heterocycles. The molecule has 0 saturated heterocycles. The lowest BCUT2D eigenvalue weighted by molar-refractivity contribution is 0.457. The molecule has 0 fully saturated rings. The first-order valence-corrected chi connectivity index (χ1v) is 6.26. The van der Waals surface area contributed by atoms with E-state index in [2.05, 4.69) is 31.0 Å². The Labute approximate surface area is 102 Å². The van der Waals surface area contributed by atoms with Crippen LogP contribution in [0.5, 0.6) is 0 Å². The lowest BCUT2D eigenvalue weighted by Crippen LogP contribution is -2.04. The summed E-state index contributed by atoms with van der Waals surface area (Å²) in [5, 5.41) is 0. The van der Waals surface area contributed by atoms with Gasteiger partial charge in [-0.25, -0.2) is 0 Å². The van der Waals surface area contributed by atoms with Crippen molar-refractivity contribution in [1.29, 1.82) is 0 Å². The zero-order valence-electron chi connectivity index (χ0n) is 10.7. The molecule has 1 rings (SSSR count). The third-order valence-electron chi connectivity index (χ3n) is 2.50. The van der Waals surface area contributed by atoms with Crippen LogP contribution in [0.2, 0.25) is 0 Å². The summed E-state index contributed by atoms with van der Waals surface area (Å²) < 4.78 is 0. The van der Waals surface area contributed by atoms with Crippen molar-refractivity contribution in [2.75, 3.05) is 0 Å². The molecule has 0 amide bonds. The van der Waals surface area contributed by atoms with Crippen molar-refractivity contribution in [3.05, 3.63) is 30.1 Å². The van der Waals surface area contributed by atoms with Crippen molar-refractivity contribution >= 4 is 0 Å². The summed E-state index contributed by atoms with van der Waals surface area (Å²) >= 11 is 0. The molecule has 0 aliphatic rings. The Bertz CT molecular complexity index is 218. The third-order valence-corrected chi connectivity index (χ3v) is 2.50. The monoisotopic (exact) mass is 223 g/mol. The molecule has 16 heavy (non-hydrogen) atoms. The van der Waals surface area contributed by atoms with Gasteiger partial charge in [0.25, 0.3) is 0 Å². The van der Waals surface area contributed by atoms with Gasteiger partial charge in [-0.3, -0.25) is 4.98 Å². The lowest BCUT2D eigenvalue weighted by atomic mass is 9.95. The summed E-state index contributed by atoms with van der Waals surface area (Å²) in [7, 11) is 0. The minimum absolute atomic E-state index is 0. The first-order chi connectivity index (χ1) is 7.36. The normalized spacial score (nSPS) is 10.8. The van der Waals surface area contributed by atoms with Crippen LogP contribution in [0.15, 0.2) is 24.4 Å². The maximum absolute atomic E-state index is 4.35. The maximum atomic E-state index is 4.35. The second kappa shape index (κ2) is 12.2. The van der Waals surface area contributed by atoms with Gasteiger partial charge in [0.05, 0.1) is 0 Å². The van der Waals surface area contributed by atoms with Crippen LogP contribution < -0.4 is 0 Å². The lowest BCUT2D eigenvalue weighted by Gasteiger charge is -2.12. The second-order valence-corrected chi connectivity index (χ2v) is 3.59. The van der Waals surface area contributed by atoms with Crippen LogP contribution in [0.25, 0.3) is 0 Å². The molecule has 0 saturated carbocycles. The van der Waals surface area contributed by atoms with E-state index in [1.807, 2.05) is 26.1 Å². The van der Waals surface area contributed by atoms with Crippen LogP contribution in [-0.4, -0.2) is 4.98 Å². The molecule has 1 aromatic rings. The van der Waals surface area contributed by atoms with Gasteiger partial charge >= 0.3 is 0 Å². The Balaban J connectivity index is 0. The minimum atomic E-state index is 0. The van der Waals surface area contributed by atoms with Crippen molar-refractivity contribution in [3.63, 3.8) is 0 Å². The molecule has 94 valence electrons. The average molecular weight is 223 g/mol. The topological polar surface area (TPSA) is 12.9 Å². The van der Waals surface area contributed by atoms with Crippen LogP contribution >= 0.6 is 0 Å². The fourth-order valence-electron chi connectivity index (χ4n) is 1.67. The fourth-order valence-corrected chi connectivity index (χ4v) is 1.67. The van der Waals surface area contributed by atoms with Gasteiger partial charge in [-0.1, -0.05) is 60.5 Å². The summed E-state index contributed by atoms with van der Waals surface area (Å²) in [4.78, 5) is 4.35. The average Bonchev–Trinajstić information content (AvgIpc) is 2.32. The number of nitrogens with zero attached hydrogens (tertiary/aromatic N) is 1. The summed E-state index contributed by atoms with van der Waals surface area (Å²) in [5.74, 6) is 0.819. The molecule has 1 unspecified atom stereocenters. The minimum Gasteiger partial charge on any atom is -0.261 e. The smallest absolute Gasteiger partial charge is 0.0406 e. The van der Waals surface area contributed by atoms with Crippen LogP contribution in [-0.2, 0) is 6.42 Å².